The first-order valence-electron chi connectivity index (χ1n) is 9.17. The Morgan fingerprint density at radius 3 is 2.52 bits per heavy atom. The maximum Gasteiger partial charge on any atom is 0.277 e. The van der Waals surface area contributed by atoms with Crippen LogP contribution in [0, 0.1) is 13.8 Å². The third-order valence-electron chi connectivity index (χ3n) is 5.00. The average Bonchev–Trinajstić information content (AvgIpc) is 3.19. The summed E-state index contributed by atoms with van der Waals surface area (Å²) in [5.41, 5.74) is 1.50. The summed E-state index contributed by atoms with van der Waals surface area (Å²) in [5.74, 6) is -0.655. The van der Waals surface area contributed by atoms with Gasteiger partial charge in [0, 0.05) is 19.5 Å². The SMILES string of the molecule is Cc1n[nH]c(=O)c(C(=O)NC(Cc2ccccc2)C(=O)N2CCCC2)c1C. The van der Waals surface area contributed by atoms with E-state index in [1.165, 1.54) is 0 Å². The van der Waals surface area contributed by atoms with Crippen LogP contribution in [0.5, 0.6) is 0 Å². The van der Waals surface area contributed by atoms with Crippen molar-refractivity contribution in [3.8, 4) is 0 Å². The molecule has 1 saturated heterocycles. The van der Waals surface area contributed by atoms with Crippen LogP contribution in [0.4, 0.5) is 0 Å². The second-order valence-corrected chi connectivity index (χ2v) is 6.89. The number of carbonyl (C=O) groups is 2. The Balaban J connectivity index is 1.86. The van der Waals surface area contributed by atoms with Crippen molar-refractivity contribution >= 4 is 11.8 Å². The predicted octanol–water partition coefficient (Wildman–Crippen LogP) is 1.35. The minimum Gasteiger partial charge on any atom is -0.341 e. The van der Waals surface area contributed by atoms with E-state index in [0.29, 0.717) is 30.8 Å². The van der Waals surface area contributed by atoms with Gasteiger partial charge in [0.2, 0.25) is 5.91 Å². The van der Waals surface area contributed by atoms with Crippen molar-refractivity contribution in [1.82, 2.24) is 20.4 Å². The van der Waals surface area contributed by atoms with Gasteiger partial charge in [-0.25, -0.2) is 5.10 Å². The van der Waals surface area contributed by atoms with E-state index in [0.717, 1.165) is 18.4 Å². The van der Waals surface area contributed by atoms with Crippen LogP contribution >= 0.6 is 0 Å². The molecule has 1 aromatic heterocycles. The highest BCUT2D eigenvalue weighted by atomic mass is 16.2. The van der Waals surface area contributed by atoms with Gasteiger partial charge in [-0.05, 0) is 37.8 Å². The first-order chi connectivity index (χ1) is 13.0. The van der Waals surface area contributed by atoms with Crippen molar-refractivity contribution < 1.29 is 9.59 Å². The summed E-state index contributed by atoms with van der Waals surface area (Å²) in [5, 5.41) is 9.00. The lowest BCUT2D eigenvalue weighted by Gasteiger charge is -2.24. The Morgan fingerprint density at radius 1 is 1.19 bits per heavy atom. The Kier molecular flexibility index (Phi) is 5.69. The van der Waals surface area contributed by atoms with Crippen LogP contribution in [0.25, 0.3) is 0 Å². The summed E-state index contributed by atoms with van der Waals surface area (Å²) < 4.78 is 0. The van der Waals surface area contributed by atoms with E-state index >= 15 is 0 Å². The van der Waals surface area contributed by atoms with Crippen LogP contribution in [0.15, 0.2) is 35.1 Å². The molecule has 2 aromatic rings. The van der Waals surface area contributed by atoms with Crippen LogP contribution in [-0.2, 0) is 11.2 Å². The largest absolute Gasteiger partial charge is 0.341 e. The molecule has 1 aromatic carbocycles. The molecule has 7 nitrogen and oxygen atoms in total. The fraction of sp³-hybridized carbons (Fsp3) is 0.400. The highest BCUT2D eigenvalue weighted by Gasteiger charge is 2.29. The number of H-pyrrole nitrogens is 1. The molecule has 1 aliphatic rings. The van der Waals surface area contributed by atoms with Crippen molar-refractivity contribution in [2.75, 3.05) is 13.1 Å². The molecule has 7 heteroatoms. The van der Waals surface area contributed by atoms with Crippen molar-refractivity contribution in [1.29, 1.82) is 0 Å². The first kappa shape index (κ1) is 18.8. The molecule has 0 bridgehead atoms. The summed E-state index contributed by atoms with van der Waals surface area (Å²) >= 11 is 0. The highest BCUT2D eigenvalue weighted by Crippen LogP contribution is 2.13. The van der Waals surface area contributed by atoms with Gasteiger partial charge in [-0.3, -0.25) is 14.4 Å². The maximum atomic E-state index is 13.0. The van der Waals surface area contributed by atoms with E-state index < -0.39 is 17.5 Å². The number of hydrogen-bond acceptors (Lipinski definition) is 4. The van der Waals surface area contributed by atoms with Crippen LogP contribution in [0.1, 0.15) is 40.0 Å². The van der Waals surface area contributed by atoms with Gasteiger partial charge in [-0.15, -0.1) is 0 Å². The summed E-state index contributed by atoms with van der Waals surface area (Å²) in [7, 11) is 0. The van der Waals surface area contributed by atoms with E-state index in [1.807, 2.05) is 30.3 Å². The molecule has 2 heterocycles. The lowest BCUT2D eigenvalue weighted by Crippen LogP contribution is -2.50. The van der Waals surface area contributed by atoms with E-state index in [9.17, 15) is 14.4 Å². The van der Waals surface area contributed by atoms with E-state index in [-0.39, 0.29) is 11.5 Å². The highest BCUT2D eigenvalue weighted by molar-refractivity contribution is 5.98. The molecule has 0 radical (unpaired) electrons. The Labute approximate surface area is 157 Å². The van der Waals surface area contributed by atoms with Crippen molar-refractivity contribution in [2.45, 2.75) is 39.2 Å². The molecular weight excluding hydrogens is 344 g/mol. The van der Waals surface area contributed by atoms with Crippen molar-refractivity contribution in [3.05, 3.63) is 63.1 Å². The zero-order valence-electron chi connectivity index (χ0n) is 15.6. The molecule has 0 saturated carbocycles. The molecule has 0 spiro atoms. The molecule has 2 N–H and O–H groups in total. The van der Waals surface area contributed by atoms with Gasteiger partial charge in [0.25, 0.3) is 11.5 Å². The standard InChI is InChI=1S/C20H24N4O3/c1-13-14(2)22-23-19(26)17(13)18(25)21-16(12-15-8-4-3-5-9-15)20(27)24-10-6-7-11-24/h3-5,8-9,16H,6-7,10-12H2,1-2H3,(H,21,25)(H,23,26). The normalized spacial score (nSPS) is 14.8. The number of aromatic nitrogens is 2. The summed E-state index contributed by atoms with van der Waals surface area (Å²) in [6.07, 6.45) is 2.32. The minimum atomic E-state index is -0.717. The number of likely N-dealkylation sites (tertiary alicyclic amines) is 1. The third kappa shape index (κ3) is 4.24. The Bertz CT molecular complexity index is 886. The number of rotatable bonds is 5. The first-order valence-corrected chi connectivity index (χ1v) is 9.17. The average molecular weight is 368 g/mol. The minimum absolute atomic E-state index is 0.00906. The molecule has 142 valence electrons. The second-order valence-electron chi connectivity index (χ2n) is 6.89. The molecule has 3 rings (SSSR count). The molecule has 1 atom stereocenters. The number of aryl methyl sites for hydroxylation is 1. The second kappa shape index (κ2) is 8.16. The number of hydrogen-bond donors (Lipinski definition) is 2. The maximum absolute atomic E-state index is 13.0. The zero-order valence-corrected chi connectivity index (χ0v) is 15.6. The Morgan fingerprint density at radius 2 is 1.85 bits per heavy atom. The molecule has 1 fully saturated rings. The van der Waals surface area contributed by atoms with Gasteiger partial charge in [-0.2, -0.15) is 5.10 Å². The van der Waals surface area contributed by atoms with Gasteiger partial charge >= 0.3 is 0 Å². The molecule has 0 aliphatic carbocycles. The topological polar surface area (TPSA) is 95.2 Å². The van der Waals surface area contributed by atoms with Gasteiger partial charge in [0.15, 0.2) is 0 Å². The number of amides is 2. The van der Waals surface area contributed by atoms with Crippen molar-refractivity contribution in [3.63, 3.8) is 0 Å². The molecule has 1 unspecified atom stereocenters. The summed E-state index contributed by atoms with van der Waals surface area (Å²) in [4.78, 5) is 39.7. The quantitative estimate of drug-likeness (QED) is 0.833. The van der Waals surface area contributed by atoms with Crippen LogP contribution in [0.3, 0.4) is 0 Å². The summed E-state index contributed by atoms with van der Waals surface area (Å²) in [6.45, 7) is 4.81. The fourth-order valence-electron chi connectivity index (χ4n) is 3.34. The lowest BCUT2D eigenvalue weighted by molar-refractivity contribution is -0.132. The number of benzene rings is 1. The van der Waals surface area contributed by atoms with Gasteiger partial charge in [-0.1, -0.05) is 30.3 Å². The number of aromatic amines is 1. The predicted molar refractivity (Wildman–Crippen MR) is 102 cm³/mol. The van der Waals surface area contributed by atoms with Crippen LogP contribution in [0.2, 0.25) is 0 Å². The molecule has 1 aliphatic heterocycles. The molecular formula is C20H24N4O3. The van der Waals surface area contributed by atoms with E-state index in [2.05, 4.69) is 15.5 Å². The van der Waals surface area contributed by atoms with Gasteiger partial charge < -0.3 is 10.2 Å². The third-order valence-corrected chi connectivity index (χ3v) is 5.00. The molecule has 27 heavy (non-hydrogen) atoms. The Hall–Kier alpha value is -2.96. The summed E-state index contributed by atoms with van der Waals surface area (Å²) in [6, 6.07) is 8.83. The smallest absolute Gasteiger partial charge is 0.277 e. The molecule has 2 amide bonds. The lowest BCUT2D eigenvalue weighted by atomic mass is 10.0. The van der Waals surface area contributed by atoms with Crippen LogP contribution < -0.4 is 10.9 Å². The fourth-order valence-corrected chi connectivity index (χ4v) is 3.34. The zero-order chi connectivity index (χ0) is 19.4. The monoisotopic (exact) mass is 368 g/mol. The van der Waals surface area contributed by atoms with Gasteiger partial charge in [0.1, 0.15) is 11.6 Å². The van der Waals surface area contributed by atoms with E-state index in [4.69, 9.17) is 0 Å². The number of nitrogens with one attached hydrogen (secondary N) is 2. The van der Waals surface area contributed by atoms with Gasteiger partial charge in [0.05, 0.1) is 5.69 Å². The number of carbonyl (C=O) groups excluding carboxylic acids is 2. The number of nitrogens with zero attached hydrogens (tertiary/aromatic N) is 2. The van der Waals surface area contributed by atoms with E-state index in [1.54, 1.807) is 18.7 Å². The van der Waals surface area contributed by atoms with Crippen LogP contribution in [-0.4, -0.2) is 46.0 Å². The van der Waals surface area contributed by atoms with Crippen molar-refractivity contribution in [2.24, 2.45) is 0 Å².